The molecule has 0 spiro atoms. The number of nitrogens with one attached hydrogen (secondary N) is 1. The number of rotatable bonds is 6. The van der Waals surface area contributed by atoms with E-state index in [4.69, 9.17) is 4.74 Å². The summed E-state index contributed by atoms with van der Waals surface area (Å²) >= 11 is 0. The van der Waals surface area contributed by atoms with Crippen molar-refractivity contribution < 1.29 is 49.3 Å². The van der Waals surface area contributed by atoms with Crippen LogP contribution in [-0.2, 0) is 4.79 Å². The second-order valence-corrected chi connectivity index (χ2v) is 6.55. The fourth-order valence-corrected chi connectivity index (χ4v) is 3.63. The first-order chi connectivity index (χ1) is 12.1. The van der Waals surface area contributed by atoms with Gasteiger partial charge in [0, 0.05) is 30.0 Å². The second-order valence-electron chi connectivity index (χ2n) is 6.55. The number of piperidine rings is 1. The smallest absolute Gasteiger partial charge is 0.550 e. The van der Waals surface area contributed by atoms with E-state index in [1.165, 1.54) is 0 Å². The number of ether oxygens (including phenoxy) is 1. The van der Waals surface area contributed by atoms with Crippen molar-refractivity contribution >= 4 is 16.9 Å². The molecule has 1 aromatic heterocycles. The van der Waals surface area contributed by atoms with Gasteiger partial charge >= 0.3 is 29.6 Å². The van der Waals surface area contributed by atoms with Crippen molar-refractivity contribution in [2.45, 2.75) is 25.4 Å². The quantitative estimate of drug-likeness (QED) is 0.577. The molecule has 0 amide bonds. The molecule has 6 nitrogen and oxygen atoms in total. The minimum absolute atomic E-state index is 0. The van der Waals surface area contributed by atoms with Gasteiger partial charge in [0.15, 0.2) is 0 Å². The van der Waals surface area contributed by atoms with Crippen LogP contribution in [0.3, 0.4) is 0 Å². The zero-order valence-corrected chi connectivity index (χ0v) is 17.3. The van der Waals surface area contributed by atoms with Crippen LogP contribution in [0.5, 0.6) is 5.75 Å². The molecule has 0 unspecified atom stereocenters. The Morgan fingerprint density at radius 2 is 2.27 bits per heavy atom. The number of aromatic nitrogens is 1. The number of aliphatic hydroxyl groups is 1. The van der Waals surface area contributed by atoms with Crippen LogP contribution in [0.25, 0.3) is 10.9 Å². The summed E-state index contributed by atoms with van der Waals surface area (Å²) in [5.74, 6) is -0.756. The molecule has 3 rings (SSSR count). The van der Waals surface area contributed by atoms with Crippen molar-refractivity contribution in [3.8, 4) is 5.75 Å². The van der Waals surface area contributed by atoms with E-state index in [1.807, 2.05) is 24.3 Å². The van der Waals surface area contributed by atoms with Crippen molar-refractivity contribution in [1.29, 1.82) is 0 Å². The molecule has 1 saturated heterocycles. The summed E-state index contributed by atoms with van der Waals surface area (Å²) in [7, 11) is 1.60. The first-order valence-corrected chi connectivity index (χ1v) is 8.62. The predicted molar refractivity (Wildman–Crippen MR) is 92.0 cm³/mol. The first kappa shape index (κ1) is 21.1. The summed E-state index contributed by atoms with van der Waals surface area (Å²) in [6.45, 7) is 1.25. The van der Waals surface area contributed by atoms with Crippen molar-refractivity contribution in [3.05, 3.63) is 36.0 Å². The Bertz CT molecular complexity index is 755. The SMILES string of the molecule is COc1ccc2nccc([C@@H](O)CC[C@@H]3CCNC[C@@H]3C(=O)[O-])c2c1.[Na+]. The molecule has 0 aliphatic carbocycles. The standard InChI is InChI=1S/C19H24N2O4.Na/c1-25-13-3-4-17-15(10-13)14(7-9-21-17)18(22)5-2-12-6-8-20-11-16(12)19(23)24;/h3-4,7,9-10,12,16,18,20,22H,2,5-6,8,11H2,1H3,(H,23,24);/q;+1/p-1/t12-,16+,18+;/m1./s1. The molecular weight excluding hydrogens is 343 g/mol. The molecule has 1 aliphatic rings. The molecule has 1 fully saturated rings. The maximum absolute atomic E-state index is 11.3. The van der Waals surface area contributed by atoms with Crippen LogP contribution in [0.2, 0.25) is 0 Å². The van der Waals surface area contributed by atoms with Crippen LogP contribution in [0, 0.1) is 11.8 Å². The van der Waals surface area contributed by atoms with E-state index in [0.29, 0.717) is 25.1 Å². The minimum Gasteiger partial charge on any atom is -0.550 e. The average Bonchev–Trinajstić information content (AvgIpc) is 2.65. The maximum Gasteiger partial charge on any atom is 1.00 e. The van der Waals surface area contributed by atoms with Crippen molar-refractivity contribution in [1.82, 2.24) is 10.3 Å². The molecule has 2 aromatic rings. The van der Waals surface area contributed by atoms with Gasteiger partial charge in [-0.15, -0.1) is 0 Å². The van der Waals surface area contributed by atoms with Gasteiger partial charge in [0.25, 0.3) is 0 Å². The van der Waals surface area contributed by atoms with Gasteiger partial charge in [-0.25, -0.2) is 0 Å². The maximum atomic E-state index is 11.3. The van der Waals surface area contributed by atoms with Crippen LogP contribution in [-0.4, -0.2) is 36.3 Å². The van der Waals surface area contributed by atoms with Gasteiger partial charge in [-0.1, -0.05) is 0 Å². The first-order valence-electron chi connectivity index (χ1n) is 8.62. The fourth-order valence-electron chi connectivity index (χ4n) is 3.63. The minimum atomic E-state index is -1.01. The predicted octanol–water partition coefficient (Wildman–Crippen LogP) is -1.96. The van der Waals surface area contributed by atoms with Gasteiger partial charge in [-0.2, -0.15) is 0 Å². The summed E-state index contributed by atoms with van der Waals surface area (Å²) in [6, 6.07) is 7.38. The number of hydrogen-bond acceptors (Lipinski definition) is 6. The summed E-state index contributed by atoms with van der Waals surface area (Å²) in [6.07, 6.45) is 2.95. The zero-order valence-electron chi connectivity index (χ0n) is 15.3. The second kappa shape index (κ2) is 9.67. The molecule has 0 radical (unpaired) electrons. The Morgan fingerprint density at radius 3 is 3.00 bits per heavy atom. The third-order valence-electron chi connectivity index (χ3n) is 5.08. The topological polar surface area (TPSA) is 94.5 Å². The number of benzene rings is 1. The fraction of sp³-hybridized carbons (Fsp3) is 0.474. The van der Waals surface area contributed by atoms with E-state index in [0.717, 1.165) is 29.4 Å². The van der Waals surface area contributed by atoms with Gasteiger partial charge in [0.2, 0.25) is 0 Å². The number of carbonyl (C=O) groups excluding carboxylic acids is 1. The molecule has 3 atom stereocenters. The van der Waals surface area contributed by atoms with Gasteiger partial charge < -0.3 is 25.1 Å². The summed E-state index contributed by atoms with van der Waals surface area (Å²) in [5, 5.41) is 25.9. The molecule has 1 aromatic carbocycles. The average molecular weight is 366 g/mol. The summed E-state index contributed by atoms with van der Waals surface area (Å²) in [4.78, 5) is 15.6. The Balaban J connectivity index is 0.00000243. The zero-order chi connectivity index (χ0) is 17.8. The van der Waals surface area contributed by atoms with Gasteiger partial charge in [-0.3, -0.25) is 4.98 Å². The van der Waals surface area contributed by atoms with Crippen molar-refractivity contribution in [2.75, 3.05) is 20.2 Å². The summed E-state index contributed by atoms with van der Waals surface area (Å²) < 4.78 is 5.26. The largest absolute Gasteiger partial charge is 1.00 e. The number of hydrogen-bond donors (Lipinski definition) is 2. The molecule has 26 heavy (non-hydrogen) atoms. The molecule has 134 valence electrons. The number of aliphatic hydroxyl groups excluding tert-OH is 1. The molecule has 2 heterocycles. The monoisotopic (exact) mass is 366 g/mol. The molecule has 2 N–H and O–H groups in total. The Labute approximate surface area is 175 Å². The molecular formula is C19H23N2NaO4. The third-order valence-corrected chi connectivity index (χ3v) is 5.08. The number of carboxylic acids is 1. The molecule has 1 aliphatic heterocycles. The van der Waals surface area contributed by atoms with E-state index >= 15 is 0 Å². The Hall–Kier alpha value is -1.18. The van der Waals surface area contributed by atoms with E-state index in [2.05, 4.69) is 10.3 Å². The number of nitrogens with zero attached hydrogens (tertiary/aromatic N) is 1. The summed E-state index contributed by atoms with van der Waals surface area (Å²) in [5.41, 5.74) is 1.59. The third kappa shape index (κ3) is 4.75. The number of pyridine rings is 1. The van der Waals surface area contributed by atoms with Crippen molar-refractivity contribution in [3.63, 3.8) is 0 Å². The van der Waals surface area contributed by atoms with E-state index < -0.39 is 18.0 Å². The van der Waals surface area contributed by atoms with Crippen LogP contribution in [0.15, 0.2) is 30.5 Å². The number of methoxy groups -OCH3 is 1. The van der Waals surface area contributed by atoms with Crippen molar-refractivity contribution in [2.24, 2.45) is 11.8 Å². The number of aliphatic carboxylic acids is 1. The molecule has 7 heteroatoms. The van der Waals surface area contributed by atoms with Crippen LogP contribution >= 0.6 is 0 Å². The van der Waals surface area contributed by atoms with Crippen LogP contribution in [0.4, 0.5) is 0 Å². The van der Waals surface area contributed by atoms with Gasteiger partial charge in [-0.05, 0) is 61.6 Å². The molecule has 0 bridgehead atoms. The van der Waals surface area contributed by atoms with Crippen LogP contribution < -0.4 is 44.7 Å². The molecule has 0 saturated carbocycles. The van der Waals surface area contributed by atoms with Crippen LogP contribution in [0.1, 0.15) is 30.9 Å². The van der Waals surface area contributed by atoms with E-state index in [1.54, 1.807) is 13.3 Å². The Kier molecular flexibility index (Phi) is 7.85. The number of carboxylic acid groups (broad SMARTS) is 1. The van der Waals surface area contributed by atoms with E-state index in [-0.39, 0.29) is 35.5 Å². The number of fused-ring (bicyclic) bond motifs is 1. The number of carbonyl (C=O) groups is 1. The normalized spacial score (nSPS) is 21.0. The van der Waals surface area contributed by atoms with Gasteiger partial charge in [0.05, 0.1) is 18.7 Å². The Morgan fingerprint density at radius 1 is 1.46 bits per heavy atom. The van der Waals surface area contributed by atoms with E-state index in [9.17, 15) is 15.0 Å². The van der Waals surface area contributed by atoms with Gasteiger partial charge in [0.1, 0.15) is 5.75 Å².